The van der Waals surface area contributed by atoms with Crippen LogP contribution in [0.5, 0.6) is 0 Å². The highest BCUT2D eigenvalue weighted by Crippen LogP contribution is 2.25. The molecule has 2 aromatic carbocycles. The van der Waals surface area contributed by atoms with E-state index in [1.807, 2.05) is 72.8 Å². The van der Waals surface area contributed by atoms with Crippen molar-refractivity contribution in [3.8, 4) is 11.3 Å². The summed E-state index contributed by atoms with van der Waals surface area (Å²) in [4.78, 5) is 85.3. The number of hydrogen-bond donors (Lipinski definition) is 5. The first-order chi connectivity index (χ1) is 29.5. The minimum atomic E-state index is -1.26. The first-order valence-electron chi connectivity index (χ1n) is 20.6. The Kier molecular flexibility index (Phi) is 18.5. The third-order valence-corrected chi connectivity index (χ3v) is 10.00. The van der Waals surface area contributed by atoms with Crippen molar-refractivity contribution in [1.82, 2.24) is 36.7 Å². The minimum absolute atomic E-state index is 0.0427. The van der Waals surface area contributed by atoms with Crippen LogP contribution < -0.4 is 26.7 Å². The zero-order chi connectivity index (χ0) is 47.1. The average Bonchev–Trinajstić information content (AvgIpc) is 3.22. The van der Waals surface area contributed by atoms with Crippen LogP contribution in [0.1, 0.15) is 73.4 Å². The molecule has 63 heavy (non-hydrogen) atoms. The Balaban J connectivity index is 2.25. The molecule has 3 rings (SSSR count). The lowest BCUT2D eigenvalue weighted by Crippen LogP contribution is -2.62. The molecular weight excluding hydrogens is 811 g/mol. The van der Waals surface area contributed by atoms with E-state index in [1.165, 1.54) is 26.3 Å². The van der Waals surface area contributed by atoms with Crippen molar-refractivity contribution in [2.45, 2.75) is 106 Å². The van der Waals surface area contributed by atoms with Gasteiger partial charge in [-0.15, -0.1) is 0 Å². The summed E-state index contributed by atoms with van der Waals surface area (Å²) in [5.41, 5.74) is 3.52. The Hall–Kier alpha value is -6.23. The van der Waals surface area contributed by atoms with E-state index in [0.29, 0.717) is 0 Å². The molecule has 17 heteroatoms. The predicted molar refractivity (Wildman–Crippen MR) is 237 cm³/mol. The van der Waals surface area contributed by atoms with Gasteiger partial charge in [0.2, 0.25) is 5.91 Å². The molecule has 0 fully saturated rings. The lowest BCUT2D eigenvalue weighted by Gasteiger charge is -2.38. The van der Waals surface area contributed by atoms with Crippen LogP contribution in [0.2, 0.25) is 0 Å². The van der Waals surface area contributed by atoms with Crippen LogP contribution in [-0.2, 0) is 46.3 Å². The van der Waals surface area contributed by atoms with Gasteiger partial charge < -0.3 is 40.2 Å². The molecule has 0 aliphatic rings. The zero-order valence-corrected chi connectivity index (χ0v) is 38.5. The minimum Gasteiger partial charge on any atom is -0.457 e. The van der Waals surface area contributed by atoms with Gasteiger partial charge in [0.1, 0.15) is 24.2 Å². The summed E-state index contributed by atoms with van der Waals surface area (Å²) in [6.45, 7) is 15.7. The number of amides is 5. The van der Waals surface area contributed by atoms with Crippen molar-refractivity contribution < 1.29 is 47.7 Å². The summed E-state index contributed by atoms with van der Waals surface area (Å²) in [6.07, 6.45) is -1.97. The van der Waals surface area contributed by atoms with Crippen molar-refractivity contribution in [1.29, 1.82) is 0 Å². The van der Waals surface area contributed by atoms with Crippen molar-refractivity contribution in [3.63, 3.8) is 0 Å². The normalized spacial score (nSPS) is 14.1. The van der Waals surface area contributed by atoms with Gasteiger partial charge in [-0.1, -0.05) is 123 Å². The highest BCUT2D eigenvalue weighted by Gasteiger charge is 2.41. The van der Waals surface area contributed by atoms with Crippen LogP contribution in [0.15, 0.2) is 79.0 Å². The van der Waals surface area contributed by atoms with Gasteiger partial charge in [0.25, 0.3) is 5.91 Å². The maximum atomic E-state index is 14.4. The van der Waals surface area contributed by atoms with Gasteiger partial charge >= 0.3 is 24.2 Å². The standard InChI is InChI=1S/C46H65N7O10/c1-44(2,3)35(49-41(57)60-10)38(54)48-33(26-29-18-14-13-15-19-29)34(63-40(56)37(46(7,8)9)51-43(59)62-12)28-53(52-39(55)36(45(4,5)6)50-42(58)61-11)27-30-21-23-31(24-22-30)32-20-16-17-25-47-32/h13-25,33-37H,26-28H2,1-12H3,(H,48,54)(H,49,57)(H,50,58)(H,51,59)(H,52,55)/t33-,34-,35+,36+,37+/m0/s1. The summed E-state index contributed by atoms with van der Waals surface area (Å²) in [6, 6.07) is 17.8. The van der Waals surface area contributed by atoms with E-state index in [2.05, 4.69) is 31.7 Å². The smallest absolute Gasteiger partial charge is 0.407 e. The number of pyridine rings is 1. The molecule has 0 radical (unpaired) electrons. The number of hydrazine groups is 1. The molecule has 5 N–H and O–H groups in total. The predicted octanol–water partition coefficient (Wildman–Crippen LogP) is 5.53. The van der Waals surface area contributed by atoms with E-state index in [0.717, 1.165) is 22.4 Å². The van der Waals surface area contributed by atoms with Gasteiger partial charge in [-0.25, -0.2) is 24.2 Å². The Morgan fingerprint density at radius 3 is 1.56 bits per heavy atom. The topological polar surface area (TPSA) is 216 Å². The molecule has 3 aromatic rings. The van der Waals surface area contributed by atoms with Gasteiger partial charge in [0.05, 0.1) is 39.6 Å². The molecular formula is C46H65N7O10. The molecule has 5 amide bonds. The molecule has 17 nitrogen and oxygen atoms in total. The number of aromatic nitrogens is 1. The summed E-state index contributed by atoms with van der Waals surface area (Å²) >= 11 is 0. The first kappa shape index (κ1) is 51.1. The zero-order valence-electron chi connectivity index (χ0n) is 38.5. The Morgan fingerprint density at radius 2 is 1.08 bits per heavy atom. The second-order valence-electron chi connectivity index (χ2n) is 18.4. The quantitative estimate of drug-likeness (QED) is 0.0643. The first-order valence-corrected chi connectivity index (χ1v) is 20.6. The molecule has 0 bridgehead atoms. The maximum Gasteiger partial charge on any atom is 0.407 e. The molecule has 344 valence electrons. The lowest BCUT2D eigenvalue weighted by atomic mass is 9.85. The number of methoxy groups -OCH3 is 3. The fourth-order valence-corrected chi connectivity index (χ4v) is 6.51. The van der Waals surface area contributed by atoms with E-state index in [4.69, 9.17) is 18.9 Å². The number of rotatable bonds is 17. The van der Waals surface area contributed by atoms with Crippen LogP contribution in [-0.4, -0.2) is 104 Å². The maximum absolute atomic E-state index is 14.4. The van der Waals surface area contributed by atoms with Crippen molar-refractivity contribution in [2.75, 3.05) is 27.9 Å². The molecule has 0 aliphatic carbocycles. The summed E-state index contributed by atoms with van der Waals surface area (Å²) in [5.74, 6) is -2.07. The van der Waals surface area contributed by atoms with Gasteiger partial charge in [-0.2, -0.15) is 0 Å². The third kappa shape index (κ3) is 16.2. The number of alkyl carbamates (subject to hydrolysis) is 3. The summed E-state index contributed by atoms with van der Waals surface area (Å²) in [7, 11) is 3.55. The number of ether oxygens (including phenoxy) is 4. The number of nitrogens with one attached hydrogen (secondary N) is 5. The largest absolute Gasteiger partial charge is 0.457 e. The van der Waals surface area contributed by atoms with Gasteiger partial charge in [-0.3, -0.25) is 20.0 Å². The molecule has 1 heterocycles. The van der Waals surface area contributed by atoms with Crippen LogP contribution in [0, 0.1) is 16.2 Å². The molecule has 0 aliphatic heterocycles. The molecule has 0 spiro atoms. The van der Waals surface area contributed by atoms with Crippen LogP contribution in [0.4, 0.5) is 14.4 Å². The van der Waals surface area contributed by atoms with Crippen molar-refractivity contribution >= 4 is 36.1 Å². The number of nitrogens with zero attached hydrogens (tertiary/aromatic N) is 2. The monoisotopic (exact) mass is 875 g/mol. The fourth-order valence-electron chi connectivity index (χ4n) is 6.51. The van der Waals surface area contributed by atoms with E-state index < -0.39 is 82.6 Å². The second-order valence-corrected chi connectivity index (χ2v) is 18.4. The van der Waals surface area contributed by atoms with Crippen LogP contribution in [0.3, 0.4) is 0 Å². The SMILES string of the molecule is COC(=O)N[C@H](C(=O)N[C@@H](Cc1ccccc1)[C@H](CN(Cc1ccc(-c2ccccn2)cc1)NC(=O)[C@@H](NC(=O)OC)C(C)(C)C)OC(=O)[C@@H](NC(=O)OC)C(C)(C)C)C(C)(C)C. The third-order valence-electron chi connectivity index (χ3n) is 10.00. The summed E-state index contributed by atoms with van der Waals surface area (Å²) < 4.78 is 20.9. The highest BCUT2D eigenvalue weighted by atomic mass is 16.6. The number of benzene rings is 2. The average molecular weight is 876 g/mol. The van der Waals surface area contributed by atoms with E-state index >= 15 is 0 Å². The Morgan fingerprint density at radius 1 is 0.587 bits per heavy atom. The molecule has 0 unspecified atom stereocenters. The number of carbonyl (C=O) groups excluding carboxylic acids is 6. The van der Waals surface area contributed by atoms with Gasteiger partial charge in [0, 0.05) is 18.3 Å². The van der Waals surface area contributed by atoms with Crippen LogP contribution >= 0.6 is 0 Å². The van der Waals surface area contributed by atoms with Crippen molar-refractivity contribution in [2.24, 2.45) is 16.2 Å². The molecule has 0 saturated carbocycles. The number of carbonyl (C=O) groups is 6. The highest BCUT2D eigenvalue weighted by molar-refractivity contribution is 5.87. The van der Waals surface area contributed by atoms with Gasteiger partial charge in [0.15, 0.2) is 0 Å². The Labute approximate surface area is 370 Å². The number of hydrogen-bond acceptors (Lipinski definition) is 12. The van der Waals surface area contributed by atoms with E-state index in [1.54, 1.807) is 68.5 Å². The van der Waals surface area contributed by atoms with E-state index in [-0.39, 0.29) is 19.5 Å². The fraction of sp³-hybridized carbons (Fsp3) is 0.500. The van der Waals surface area contributed by atoms with Gasteiger partial charge in [-0.05, 0) is 45.9 Å². The molecule has 5 atom stereocenters. The molecule has 0 saturated heterocycles. The summed E-state index contributed by atoms with van der Waals surface area (Å²) in [5, 5.41) is 12.4. The lowest BCUT2D eigenvalue weighted by molar-refractivity contribution is -0.159. The van der Waals surface area contributed by atoms with Crippen molar-refractivity contribution in [3.05, 3.63) is 90.1 Å². The van der Waals surface area contributed by atoms with Crippen LogP contribution in [0.25, 0.3) is 11.3 Å². The second kappa shape index (κ2) is 22.7. The Bertz CT molecular complexity index is 1980. The van der Waals surface area contributed by atoms with E-state index in [9.17, 15) is 28.8 Å². The molecule has 1 aromatic heterocycles. The number of esters is 1.